The largest absolute Gasteiger partial charge is 0.481 e. The molecule has 0 atom stereocenters. The fraction of sp³-hybridized carbons (Fsp3) is 0.273. The summed E-state index contributed by atoms with van der Waals surface area (Å²) in [4.78, 5) is 23.8. The average molecular weight is 258 g/mol. The van der Waals surface area contributed by atoms with Crippen LogP contribution in [0.5, 0.6) is 0 Å². The molecule has 1 aromatic rings. The third-order valence-corrected chi connectivity index (χ3v) is 2.97. The van der Waals surface area contributed by atoms with Crippen LogP contribution in [0.2, 0.25) is 5.02 Å². The molecule has 0 spiro atoms. The van der Waals surface area contributed by atoms with Crippen molar-refractivity contribution in [2.24, 2.45) is 5.92 Å². The number of hydrogen-bond acceptors (Lipinski definition) is 2. The topological polar surface area (TPSA) is 57.6 Å². The Morgan fingerprint density at radius 3 is 2.59 bits per heavy atom. The average Bonchev–Trinajstić information content (AvgIpc) is 2.19. The minimum atomic E-state index is -0.911. The molecule has 0 unspecified atom stereocenters. The molecule has 6 heteroatoms. The van der Waals surface area contributed by atoms with Gasteiger partial charge in [0.25, 0.3) is 5.91 Å². The molecule has 0 aliphatic carbocycles. The highest BCUT2D eigenvalue weighted by molar-refractivity contribution is 6.31. The number of nitrogens with zero attached hydrogens (tertiary/aromatic N) is 1. The number of likely N-dealkylation sites (tertiary alicyclic amines) is 1. The van der Waals surface area contributed by atoms with E-state index in [1.54, 1.807) is 0 Å². The number of aliphatic carboxylic acids is 1. The van der Waals surface area contributed by atoms with E-state index in [2.05, 4.69) is 0 Å². The van der Waals surface area contributed by atoms with Crippen LogP contribution in [-0.4, -0.2) is 35.0 Å². The van der Waals surface area contributed by atoms with Crippen molar-refractivity contribution in [3.8, 4) is 0 Å². The minimum Gasteiger partial charge on any atom is -0.481 e. The van der Waals surface area contributed by atoms with E-state index in [1.165, 1.54) is 17.0 Å². The molecule has 1 saturated heterocycles. The van der Waals surface area contributed by atoms with E-state index in [-0.39, 0.29) is 29.6 Å². The summed E-state index contributed by atoms with van der Waals surface area (Å²) < 4.78 is 12.9. The Balaban J connectivity index is 2.06. The van der Waals surface area contributed by atoms with Gasteiger partial charge in [-0.2, -0.15) is 0 Å². The van der Waals surface area contributed by atoms with Crippen LogP contribution in [0.15, 0.2) is 18.2 Å². The summed E-state index contributed by atoms with van der Waals surface area (Å²) in [5, 5.41) is 8.56. The Hall–Kier alpha value is -1.62. The monoisotopic (exact) mass is 257 g/mol. The van der Waals surface area contributed by atoms with Gasteiger partial charge in [0, 0.05) is 18.7 Å². The molecule has 0 aromatic heterocycles. The molecule has 2 rings (SSSR count). The normalized spacial score (nSPS) is 15.5. The number of hydrogen-bond donors (Lipinski definition) is 1. The van der Waals surface area contributed by atoms with Crippen LogP contribution in [0.1, 0.15) is 10.4 Å². The summed E-state index contributed by atoms with van der Waals surface area (Å²) in [6, 6.07) is 3.69. The zero-order valence-electron chi connectivity index (χ0n) is 8.69. The van der Waals surface area contributed by atoms with E-state index in [0.29, 0.717) is 0 Å². The number of benzene rings is 1. The van der Waals surface area contributed by atoms with Crippen LogP contribution in [-0.2, 0) is 4.79 Å². The predicted octanol–water partition coefficient (Wildman–Crippen LogP) is 1.64. The molecule has 1 aliphatic rings. The summed E-state index contributed by atoms with van der Waals surface area (Å²) in [7, 11) is 0. The van der Waals surface area contributed by atoms with Gasteiger partial charge in [-0.1, -0.05) is 11.6 Å². The quantitative estimate of drug-likeness (QED) is 0.876. The van der Waals surface area contributed by atoms with Crippen LogP contribution in [0.4, 0.5) is 4.39 Å². The van der Waals surface area contributed by atoms with Crippen molar-refractivity contribution in [2.75, 3.05) is 13.1 Å². The first kappa shape index (κ1) is 11.9. The van der Waals surface area contributed by atoms with E-state index < -0.39 is 17.7 Å². The number of carboxylic acid groups (broad SMARTS) is 1. The standard InChI is InChI=1S/C11H9ClFNO3/c12-8-3-6(1-2-9(8)13)10(15)14-4-7(5-14)11(16)17/h1-3,7H,4-5H2,(H,16,17). The maximum atomic E-state index is 12.9. The van der Waals surface area contributed by atoms with Gasteiger partial charge in [0.1, 0.15) is 5.82 Å². The van der Waals surface area contributed by atoms with E-state index in [1.807, 2.05) is 0 Å². The van der Waals surface area contributed by atoms with Gasteiger partial charge in [0.15, 0.2) is 0 Å². The van der Waals surface area contributed by atoms with Crippen LogP contribution in [0.3, 0.4) is 0 Å². The molecular weight excluding hydrogens is 249 g/mol. The van der Waals surface area contributed by atoms with Gasteiger partial charge in [-0.05, 0) is 18.2 Å². The second kappa shape index (κ2) is 4.33. The molecule has 1 heterocycles. The zero-order valence-corrected chi connectivity index (χ0v) is 9.45. The molecule has 0 bridgehead atoms. The van der Waals surface area contributed by atoms with E-state index >= 15 is 0 Å². The molecular formula is C11H9ClFNO3. The number of rotatable bonds is 2. The van der Waals surface area contributed by atoms with Crippen molar-refractivity contribution in [1.29, 1.82) is 0 Å². The van der Waals surface area contributed by atoms with Crippen molar-refractivity contribution in [1.82, 2.24) is 4.90 Å². The van der Waals surface area contributed by atoms with Gasteiger partial charge < -0.3 is 10.0 Å². The van der Waals surface area contributed by atoms with Crippen molar-refractivity contribution in [3.05, 3.63) is 34.6 Å². The first-order valence-corrected chi connectivity index (χ1v) is 5.34. The summed E-state index contributed by atoms with van der Waals surface area (Å²) >= 11 is 5.56. The second-order valence-electron chi connectivity index (χ2n) is 3.87. The number of carboxylic acids is 1. The molecule has 0 saturated carbocycles. The van der Waals surface area contributed by atoms with Crippen LogP contribution < -0.4 is 0 Å². The highest BCUT2D eigenvalue weighted by Crippen LogP contribution is 2.21. The maximum absolute atomic E-state index is 12.9. The van der Waals surface area contributed by atoms with Crippen molar-refractivity contribution >= 4 is 23.5 Å². The molecule has 4 nitrogen and oxygen atoms in total. The molecule has 1 N–H and O–H groups in total. The third-order valence-electron chi connectivity index (χ3n) is 2.68. The van der Waals surface area contributed by atoms with Gasteiger partial charge in [-0.3, -0.25) is 9.59 Å². The summed E-state index contributed by atoms with van der Waals surface area (Å²) in [6.07, 6.45) is 0. The van der Waals surface area contributed by atoms with E-state index in [4.69, 9.17) is 16.7 Å². The highest BCUT2D eigenvalue weighted by atomic mass is 35.5. The predicted molar refractivity (Wildman–Crippen MR) is 58.4 cm³/mol. The Morgan fingerprint density at radius 1 is 1.41 bits per heavy atom. The SMILES string of the molecule is O=C(O)C1CN(C(=O)c2ccc(F)c(Cl)c2)C1. The molecule has 17 heavy (non-hydrogen) atoms. The lowest BCUT2D eigenvalue weighted by atomic mass is 9.99. The Labute approximate surface area is 102 Å². The lowest BCUT2D eigenvalue weighted by Crippen LogP contribution is -2.53. The highest BCUT2D eigenvalue weighted by Gasteiger charge is 2.35. The fourth-order valence-corrected chi connectivity index (χ4v) is 1.79. The van der Waals surface area contributed by atoms with Crippen LogP contribution >= 0.6 is 11.6 Å². The second-order valence-corrected chi connectivity index (χ2v) is 4.28. The van der Waals surface area contributed by atoms with Gasteiger partial charge >= 0.3 is 5.97 Å². The molecule has 1 aromatic carbocycles. The number of carbonyl (C=O) groups is 2. The Morgan fingerprint density at radius 2 is 2.06 bits per heavy atom. The first-order valence-electron chi connectivity index (χ1n) is 4.96. The number of amides is 1. The molecule has 0 radical (unpaired) electrons. The number of carbonyl (C=O) groups excluding carboxylic acids is 1. The van der Waals surface area contributed by atoms with Crippen molar-refractivity contribution in [3.63, 3.8) is 0 Å². The van der Waals surface area contributed by atoms with Gasteiger partial charge in [0.2, 0.25) is 0 Å². The van der Waals surface area contributed by atoms with Crippen LogP contribution in [0.25, 0.3) is 0 Å². The maximum Gasteiger partial charge on any atom is 0.310 e. The zero-order chi connectivity index (χ0) is 12.6. The summed E-state index contributed by atoms with van der Waals surface area (Å²) in [6.45, 7) is 0.367. The van der Waals surface area contributed by atoms with Gasteiger partial charge in [-0.15, -0.1) is 0 Å². The Kier molecular flexibility index (Phi) is 3.02. The van der Waals surface area contributed by atoms with Crippen LogP contribution in [0, 0.1) is 11.7 Å². The van der Waals surface area contributed by atoms with E-state index in [9.17, 15) is 14.0 Å². The summed E-state index contributed by atoms with van der Waals surface area (Å²) in [5.41, 5.74) is 0.264. The number of halogens is 2. The van der Waals surface area contributed by atoms with E-state index in [0.717, 1.165) is 6.07 Å². The smallest absolute Gasteiger partial charge is 0.310 e. The van der Waals surface area contributed by atoms with Crippen molar-refractivity contribution in [2.45, 2.75) is 0 Å². The first-order chi connectivity index (χ1) is 7.99. The Bertz CT molecular complexity index is 486. The molecule has 1 fully saturated rings. The van der Waals surface area contributed by atoms with Gasteiger partial charge in [0.05, 0.1) is 10.9 Å². The van der Waals surface area contributed by atoms with Gasteiger partial charge in [-0.25, -0.2) is 4.39 Å². The third kappa shape index (κ3) is 2.24. The molecule has 1 aliphatic heterocycles. The summed E-state index contributed by atoms with van der Waals surface area (Å²) in [5.74, 6) is -2.33. The fourth-order valence-electron chi connectivity index (χ4n) is 1.61. The minimum absolute atomic E-state index is 0.119. The lowest BCUT2D eigenvalue weighted by Gasteiger charge is -2.36. The molecule has 90 valence electrons. The molecule has 1 amide bonds. The lowest BCUT2D eigenvalue weighted by molar-refractivity contribution is -0.146. The van der Waals surface area contributed by atoms with Crippen molar-refractivity contribution < 1.29 is 19.1 Å².